The van der Waals surface area contributed by atoms with Gasteiger partial charge in [0, 0.05) is 22.1 Å². The number of aromatic nitrogens is 3. The van der Waals surface area contributed by atoms with Crippen LogP contribution in [0.5, 0.6) is 0 Å². The van der Waals surface area contributed by atoms with Crippen molar-refractivity contribution in [3.63, 3.8) is 0 Å². The van der Waals surface area contributed by atoms with Crippen LogP contribution in [0.1, 0.15) is 5.69 Å². The molecule has 0 radical (unpaired) electrons. The fourth-order valence-corrected chi connectivity index (χ4v) is 4.33. The van der Waals surface area contributed by atoms with Crippen molar-refractivity contribution in [2.45, 2.75) is 0 Å². The molecule has 0 amide bonds. The number of benzene rings is 2. The standard InChI is InChI=1S/C20H12BrN3OS/c21-13-7-9-14(10-8-13)23-11-3-4-15(23)12-18-19(25)24-17-6-2-1-5-16(17)22-20(24)26-18/h1-12H/b18-12+. The van der Waals surface area contributed by atoms with E-state index in [4.69, 9.17) is 0 Å². The van der Waals surface area contributed by atoms with E-state index in [0.717, 1.165) is 31.8 Å². The molecule has 0 aliphatic heterocycles. The Balaban J connectivity index is 1.71. The van der Waals surface area contributed by atoms with E-state index < -0.39 is 0 Å². The summed E-state index contributed by atoms with van der Waals surface area (Å²) in [5, 5.41) is 0. The number of nitrogens with zero attached hydrogens (tertiary/aromatic N) is 3. The van der Waals surface area contributed by atoms with Crippen molar-refractivity contribution in [1.82, 2.24) is 14.0 Å². The van der Waals surface area contributed by atoms with Crippen LogP contribution in [0.3, 0.4) is 0 Å². The second-order valence-electron chi connectivity index (χ2n) is 5.91. The molecule has 3 aromatic heterocycles. The predicted molar refractivity (Wildman–Crippen MR) is 109 cm³/mol. The molecule has 26 heavy (non-hydrogen) atoms. The van der Waals surface area contributed by atoms with Crippen molar-refractivity contribution in [2.75, 3.05) is 0 Å². The van der Waals surface area contributed by atoms with Gasteiger partial charge >= 0.3 is 0 Å². The van der Waals surface area contributed by atoms with Crippen molar-refractivity contribution < 1.29 is 0 Å². The Kier molecular flexibility index (Phi) is 3.55. The third-order valence-corrected chi connectivity index (χ3v) is 5.81. The topological polar surface area (TPSA) is 39.3 Å². The van der Waals surface area contributed by atoms with Crippen LogP contribution in [-0.4, -0.2) is 14.0 Å². The van der Waals surface area contributed by atoms with Crippen molar-refractivity contribution in [3.05, 3.63) is 91.9 Å². The molecule has 0 saturated heterocycles. The third kappa shape index (κ3) is 2.41. The van der Waals surface area contributed by atoms with Gasteiger partial charge in [-0.15, -0.1) is 0 Å². The van der Waals surface area contributed by atoms with Gasteiger partial charge in [-0.25, -0.2) is 9.38 Å². The fraction of sp³-hybridized carbons (Fsp3) is 0. The molecule has 0 spiro atoms. The highest BCUT2D eigenvalue weighted by molar-refractivity contribution is 9.10. The zero-order valence-corrected chi connectivity index (χ0v) is 15.9. The number of imidazole rings is 1. The first-order valence-corrected chi connectivity index (χ1v) is 9.67. The molecule has 2 aromatic carbocycles. The highest BCUT2D eigenvalue weighted by Gasteiger charge is 2.11. The molecule has 0 fully saturated rings. The van der Waals surface area contributed by atoms with E-state index in [9.17, 15) is 4.79 Å². The van der Waals surface area contributed by atoms with Crippen LogP contribution in [0, 0.1) is 0 Å². The van der Waals surface area contributed by atoms with E-state index >= 15 is 0 Å². The van der Waals surface area contributed by atoms with Crippen molar-refractivity contribution in [3.8, 4) is 5.69 Å². The molecular weight excluding hydrogens is 410 g/mol. The average Bonchev–Trinajstić information content (AvgIpc) is 3.32. The van der Waals surface area contributed by atoms with Crippen LogP contribution in [0.2, 0.25) is 0 Å². The molecule has 4 nitrogen and oxygen atoms in total. The number of para-hydroxylation sites is 2. The van der Waals surface area contributed by atoms with E-state index in [1.165, 1.54) is 11.3 Å². The molecule has 3 heterocycles. The minimum Gasteiger partial charge on any atom is -0.317 e. The van der Waals surface area contributed by atoms with Crippen LogP contribution in [-0.2, 0) is 0 Å². The second kappa shape index (κ2) is 5.93. The van der Waals surface area contributed by atoms with Gasteiger partial charge in [0.05, 0.1) is 15.6 Å². The summed E-state index contributed by atoms with van der Waals surface area (Å²) in [5.41, 5.74) is 3.68. The van der Waals surface area contributed by atoms with Gasteiger partial charge in [0.2, 0.25) is 0 Å². The van der Waals surface area contributed by atoms with E-state index in [0.29, 0.717) is 4.53 Å². The first-order chi connectivity index (χ1) is 12.7. The Morgan fingerprint density at radius 1 is 1.00 bits per heavy atom. The third-order valence-electron chi connectivity index (χ3n) is 4.31. The highest BCUT2D eigenvalue weighted by Crippen LogP contribution is 2.18. The SMILES string of the molecule is O=c1/c(=C\c2cccn2-c2ccc(Br)cc2)sc2nc3ccccc3n12. The van der Waals surface area contributed by atoms with E-state index in [-0.39, 0.29) is 5.56 Å². The number of halogens is 1. The molecule has 0 bridgehead atoms. The summed E-state index contributed by atoms with van der Waals surface area (Å²) in [7, 11) is 0. The molecule has 5 rings (SSSR count). The molecular formula is C20H12BrN3OS. The largest absolute Gasteiger partial charge is 0.317 e. The molecule has 126 valence electrons. The Hall–Kier alpha value is -2.70. The Morgan fingerprint density at radius 3 is 2.65 bits per heavy atom. The van der Waals surface area contributed by atoms with Crippen LogP contribution < -0.4 is 10.1 Å². The fourth-order valence-electron chi connectivity index (χ4n) is 3.09. The second-order valence-corrected chi connectivity index (χ2v) is 7.84. The number of hydrogen-bond acceptors (Lipinski definition) is 3. The van der Waals surface area contributed by atoms with Gasteiger partial charge in [0.1, 0.15) is 0 Å². The minimum absolute atomic E-state index is 0.0257. The summed E-state index contributed by atoms with van der Waals surface area (Å²) in [6.07, 6.45) is 3.92. The van der Waals surface area contributed by atoms with Crippen LogP contribution in [0.4, 0.5) is 0 Å². The van der Waals surface area contributed by atoms with Crippen LogP contribution >= 0.6 is 27.3 Å². The lowest BCUT2D eigenvalue weighted by atomic mass is 10.3. The first kappa shape index (κ1) is 15.5. The van der Waals surface area contributed by atoms with Gasteiger partial charge in [0.25, 0.3) is 5.56 Å². The van der Waals surface area contributed by atoms with E-state index in [1.807, 2.05) is 72.9 Å². The lowest BCUT2D eigenvalue weighted by molar-refractivity contribution is 1.06. The van der Waals surface area contributed by atoms with E-state index in [1.54, 1.807) is 4.40 Å². The lowest BCUT2D eigenvalue weighted by Crippen LogP contribution is -2.23. The predicted octanol–water partition coefficient (Wildman–Crippen LogP) is 4.01. The monoisotopic (exact) mass is 421 g/mol. The van der Waals surface area contributed by atoms with Crippen molar-refractivity contribution in [1.29, 1.82) is 0 Å². The number of fused-ring (bicyclic) bond motifs is 3. The molecule has 0 N–H and O–H groups in total. The maximum Gasteiger partial charge on any atom is 0.275 e. The summed E-state index contributed by atoms with van der Waals surface area (Å²) in [5.74, 6) is 0. The number of rotatable bonds is 2. The number of thiazole rings is 1. The summed E-state index contributed by atoms with van der Waals surface area (Å²) >= 11 is 4.88. The first-order valence-electron chi connectivity index (χ1n) is 8.06. The van der Waals surface area contributed by atoms with E-state index in [2.05, 4.69) is 25.5 Å². The zero-order valence-electron chi connectivity index (χ0n) is 13.5. The molecule has 0 saturated carbocycles. The normalized spacial score (nSPS) is 12.4. The summed E-state index contributed by atoms with van der Waals surface area (Å²) in [6.45, 7) is 0. The quantitative estimate of drug-likeness (QED) is 0.431. The maximum atomic E-state index is 12.9. The Bertz CT molecular complexity index is 1360. The van der Waals surface area contributed by atoms with Crippen LogP contribution in [0.25, 0.3) is 27.8 Å². The summed E-state index contributed by atoms with van der Waals surface area (Å²) in [6, 6.07) is 19.8. The zero-order chi connectivity index (χ0) is 17.7. The Morgan fingerprint density at radius 2 is 1.81 bits per heavy atom. The molecule has 0 aliphatic rings. The van der Waals surface area contributed by atoms with Gasteiger partial charge in [-0.2, -0.15) is 0 Å². The summed E-state index contributed by atoms with van der Waals surface area (Å²) < 4.78 is 5.47. The minimum atomic E-state index is -0.0257. The number of hydrogen-bond donors (Lipinski definition) is 0. The molecule has 6 heteroatoms. The van der Waals surface area contributed by atoms with Gasteiger partial charge in [0.15, 0.2) is 4.96 Å². The molecule has 0 unspecified atom stereocenters. The van der Waals surface area contributed by atoms with Gasteiger partial charge < -0.3 is 4.57 Å². The highest BCUT2D eigenvalue weighted by atomic mass is 79.9. The average molecular weight is 422 g/mol. The van der Waals surface area contributed by atoms with Gasteiger partial charge in [-0.3, -0.25) is 4.79 Å². The Labute approximate surface area is 160 Å². The maximum absolute atomic E-state index is 12.9. The molecule has 0 atom stereocenters. The lowest BCUT2D eigenvalue weighted by Gasteiger charge is -2.06. The molecule has 5 aromatic rings. The smallest absolute Gasteiger partial charge is 0.275 e. The van der Waals surface area contributed by atoms with Crippen molar-refractivity contribution in [2.24, 2.45) is 0 Å². The molecule has 0 aliphatic carbocycles. The van der Waals surface area contributed by atoms with Crippen LogP contribution in [0.15, 0.2) is 76.1 Å². The van der Waals surface area contributed by atoms with Gasteiger partial charge in [-0.1, -0.05) is 39.4 Å². The summed E-state index contributed by atoms with van der Waals surface area (Å²) in [4.78, 5) is 18.2. The van der Waals surface area contributed by atoms with Crippen molar-refractivity contribution >= 4 is 49.3 Å². The van der Waals surface area contributed by atoms with Gasteiger partial charge in [-0.05, 0) is 54.6 Å².